The Balaban J connectivity index is 1.40. The van der Waals surface area contributed by atoms with Crippen LogP contribution in [0.25, 0.3) is 10.6 Å². The minimum Gasteiger partial charge on any atom is -0.342 e. The number of hydrogen-bond donors (Lipinski definition) is 1. The van der Waals surface area contributed by atoms with Gasteiger partial charge in [0.05, 0.1) is 12.1 Å². The second-order valence-electron chi connectivity index (χ2n) is 6.95. The molecule has 2 aliphatic rings. The molecule has 1 amide bonds. The van der Waals surface area contributed by atoms with Gasteiger partial charge in [0.2, 0.25) is 5.91 Å². The summed E-state index contributed by atoms with van der Waals surface area (Å²) < 4.78 is 0. The zero-order valence-electron chi connectivity index (χ0n) is 13.9. The molecule has 4 nitrogen and oxygen atoms in total. The Labute approximate surface area is 146 Å². The predicted molar refractivity (Wildman–Crippen MR) is 97.0 cm³/mol. The molecule has 1 N–H and O–H groups in total. The number of nitrogens with zero attached hydrogens (tertiary/aromatic N) is 2. The smallest absolute Gasteiger partial charge is 0.228 e. The summed E-state index contributed by atoms with van der Waals surface area (Å²) >= 11 is 1.61. The van der Waals surface area contributed by atoms with Crippen LogP contribution >= 0.6 is 11.3 Å². The average Bonchev–Trinajstić information content (AvgIpc) is 3.21. The number of amides is 1. The molecule has 1 aromatic heterocycles. The molecule has 2 aliphatic heterocycles. The normalized spacial score (nSPS) is 25.6. The van der Waals surface area contributed by atoms with Gasteiger partial charge >= 0.3 is 0 Å². The molecule has 1 aromatic carbocycles. The molecule has 2 saturated heterocycles. The minimum atomic E-state index is 0.186. The van der Waals surface area contributed by atoms with Crippen molar-refractivity contribution in [2.24, 2.45) is 0 Å². The van der Waals surface area contributed by atoms with Crippen molar-refractivity contribution in [3.05, 3.63) is 41.4 Å². The van der Waals surface area contributed by atoms with E-state index >= 15 is 0 Å². The second-order valence-corrected chi connectivity index (χ2v) is 7.81. The van der Waals surface area contributed by atoms with Gasteiger partial charge < -0.3 is 10.2 Å². The van der Waals surface area contributed by atoms with Crippen molar-refractivity contribution in [2.75, 3.05) is 7.05 Å². The molecule has 0 saturated carbocycles. The highest BCUT2D eigenvalue weighted by atomic mass is 32.1. The molecule has 2 atom stereocenters. The van der Waals surface area contributed by atoms with Gasteiger partial charge in [-0.25, -0.2) is 4.98 Å². The Morgan fingerprint density at radius 2 is 1.96 bits per heavy atom. The van der Waals surface area contributed by atoms with E-state index in [4.69, 9.17) is 0 Å². The molecule has 2 aromatic rings. The molecule has 0 radical (unpaired) electrons. The number of carbonyl (C=O) groups excluding carboxylic acids is 1. The number of carbonyl (C=O) groups is 1. The number of aromatic nitrogens is 1. The fourth-order valence-corrected chi connectivity index (χ4v) is 4.75. The number of likely N-dealkylation sites (N-methyl/N-ethyl adjacent to an activating group) is 1. The molecule has 2 bridgehead atoms. The largest absolute Gasteiger partial charge is 0.342 e. The van der Waals surface area contributed by atoms with Gasteiger partial charge in [0.25, 0.3) is 0 Å². The first-order valence-corrected chi connectivity index (χ1v) is 9.58. The summed E-state index contributed by atoms with van der Waals surface area (Å²) in [6.07, 6.45) is 5.10. The molecular weight excluding hydrogens is 318 g/mol. The lowest BCUT2D eigenvalue weighted by atomic mass is 9.98. The van der Waals surface area contributed by atoms with Gasteiger partial charge in [0, 0.05) is 36.1 Å². The third-order valence-corrected chi connectivity index (χ3v) is 6.23. The van der Waals surface area contributed by atoms with Gasteiger partial charge in [-0.3, -0.25) is 4.79 Å². The maximum Gasteiger partial charge on any atom is 0.228 e. The monoisotopic (exact) mass is 341 g/mol. The van der Waals surface area contributed by atoms with E-state index in [2.05, 4.69) is 22.4 Å². The van der Waals surface area contributed by atoms with Gasteiger partial charge in [-0.1, -0.05) is 30.3 Å². The zero-order valence-corrected chi connectivity index (χ0v) is 14.8. The molecule has 2 fully saturated rings. The maximum atomic E-state index is 12.7. The zero-order chi connectivity index (χ0) is 16.5. The SMILES string of the molecule is CN(C(=O)Cc1csc(-c2ccccc2)n1)C1CC2CCC(C1)N2. The molecule has 0 spiro atoms. The second kappa shape index (κ2) is 6.65. The van der Waals surface area contributed by atoms with Crippen LogP contribution in [-0.2, 0) is 11.2 Å². The minimum absolute atomic E-state index is 0.186. The van der Waals surface area contributed by atoms with Crippen LogP contribution in [0.15, 0.2) is 35.7 Å². The first-order valence-electron chi connectivity index (χ1n) is 8.70. The lowest BCUT2D eigenvalue weighted by Gasteiger charge is -2.35. The standard InChI is InChI=1S/C19H23N3OS/c1-22(17-9-14-7-8-15(10-17)20-14)18(23)11-16-12-24-19(21-16)13-5-3-2-4-6-13/h2-6,12,14-15,17,20H,7-11H2,1H3. The number of thiazole rings is 1. The van der Waals surface area contributed by atoms with Gasteiger partial charge in [-0.15, -0.1) is 11.3 Å². The summed E-state index contributed by atoms with van der Waals surface area (Å²) in [4.78, 5) is 19.3. The van der Waals surface area contributed by atoms with E-state index in [9.17, 15) is 4.79 Å². The Bertz CT molecular complexity index is 702. The first-order chi connectivity index (χ1) is 11.7. The fraction of sp³-hybridized carbons (Fsp3) is 0.474. The van der Waals surface area contributed by atoms with Crippen LogP contribution in [0.2, 0.25) is 0 Å². The highest BCUT2D eigenvalue weighted by Crippen LogP contribution is 2.30. The molecule has 126 valence electrons. The summed E-state index contributed by atoms with van der Waals surface area (Å²) in [6.45, 7) is 0. The quantitative estimate of drug-likeness (QED) is 0.929. The van der Waals surface area contributed by atoms with Crippen LogP contribution in [0, 0.1) is 0 Å². The van der Waals surface area contributed by atoms with Crippen LogP contribution in [0.1, 0.15) is 31.4 Å². The molecule has 3 heterocycles. The van der Waals surface area contributed by atoms with Gasteiger partial charge in [0.1, 0.15) is 5.01 Å². The van der Waals surface area contributed by atoms with E-state index < -0.39 is 0 Å². The van der Waals surface area contributed by atoms with Crippen molar-refractivity contribution in [3.63, 3.8) is 0 Å². The first kappa shape index (κ1) is 15.8. The van der Waals surface area contributed by atoms with E-state index in [-0.39, 0.29) is 5.91 Å². The average molecular weight is 341 g/mol. The van der Waals surface area contributed by atoms with Crippen molar-refractivity contribution in [3.8, 4) is 10.6 Å². The molecule has 0 aliphatic carbocycles. The topological polar surface area (TPSA) is 45.2 Å². The highest BCUT2D eigenvalue weighted by molar-refractivity contribution is 7.13. The van der Waals surface area contributed by atoms with E-state index in [1.807, 2.05) is 35.5 Å². The number of fused-ring (bicyclic) bond motifs is 2. The van der Waals surface area contributed by atoms with Crippen LogP contribution in [0.5, 0.6) is 0 Å². The summed E-state index contributed by atoms with van der Waals surface area (Å²) in [5.41, 5.74) is 2.00. The molecule has 24 heavy (non-hydrogen) atoms. The fourth-order valence-electron chi connectivity index (χ4n) is 3.93. The number of piperidine rings is 1. The van der Waals surface area contributed by atoms with Crippen molar-refractivity contribution < 1.29 is 4.79 Å². The van der Waals surface area contributed by atoms with Crippen LogP contribution in [-0.4, -0.2) is 41.0 Å². The van der Waals surface area contributed by atoms with Gasteiger partial charge in [0.15, 0.2) is 0 Å². The Morgan fingerprint density at radius 3 is 2.67 bits per heavy atom. The Kier molecular flexibility index (Phi) is 4.37. The summed E-state index contributed by atoms with van der Waals surface area (Å²) in [6, 6.07) is 11.7. The van der Waals surface area contributed by atoms with Crippen molar-refractivity contribution in [1.82, 2.24) is 15.2 Å². The van der Waals surface area contributed by atoms with Crippen LogP contribution in [0.3, 0.4) is 0 Å². The van der Waals surface area contributed by atoms with E-state index in [1.54, 1.807) is 11.3 Å². The lowest BCUT2D eigenvalue weighted by molar-refractivity contribution is -0.132. The summed E-state index contributed by atoms with van der Waals surface area (Å²) in [5.74, 6) is 0.186. The van der Waals surface area contributed by atoms with Crippen LogP contribution in [0.4, 0.5) is 0 Å². The number of nitrogens with one attached hydrogen (secondary N) is 1. The third kappa shape index (κ3) is 3.23. The summed E-state index contributed by atoms with van der Waals surface area (Å²) in [7, 11) is 1.96. The number of benzene rings is 1. The van der Waals surface area contributed by atoms with Gasteiger partial charge in [-0.05, 0) is 25.7 Å². The molecule has 5 heteroatoms. The lowest BCUT2D eigenvalue weighted by Crippen LogP contribution is -2.49. The highest BCUT2D eigenvalue weighted by Gasteiger charge is 2.36. The molecular formula is C19H23N3OS. The Morgan fingerprint density at radius 1 is 1.25 bits per heavy atom. The van der Waals surface area contributed by atoms with E-state index in [1.165, 1.54) is 12.8 Å². The van der Waals surface area contributed by atoms with Gasteiger partial charge in [-0.2, -0.15) is 0 Å². The maximum absolute atomic E-state index is 12.7. The van der Waals surface area contributed by atoms with E-state index in [0.717, 1.165) is 29.1 Å². The number of rotatable bonds is 4. The third-order valence-electron chi connectivity index (χ3n) is 5.29. The van der Waals surface area contributed by atoms with Crippen LogP contribution < -0.4 is 5.32 Å². The van der Waals surface area contributed by atoms with E-state index in [0.29, 0.717) is 24.5 Å². The molecule has 4 rings (SSSR count). The predicted octanol–water partition coefficient (Wildman–Crippen LogP) is 3.09. The Hall–Kier alpha value is -1.72. The summed E-state index contributed by atoms with van der Waals surface area (Å²) in [5, 5.41) is 6.64. The van der Waals surface area contributed by atoms with Crippen molar-refractivity contribution in [2.45, 2.75) is 50.2 Å². The number of hydrogen-bond acceptors (Lipinski definition) is 4. The van der Waals surface area contributed by atoms with Crippen molar-refractivity contribution in [1.29, 1.82) is 0 Å². The van der Waals surface area contributed by atoms with Crippen molar-refractivity contribution >= 4 is 17.2 Å². The molecule has 2 unspecified atom stereocenters.